The van der Waals surface area contributed by atoms with Gasteiger partial charge in [-0.25, -0.2) is 14.4 Å². The summed E-state index contributed by atoms with van der Waals surface area (Å²) in [5.41, 5.74) is 4.63. The Morgan fingerprint density at radius 1 is 1.13 bits per heavy atom. The van der Waals surface area contributed by atoms with Gasteiger partial charge in [-0.3, -0.25) is 9.69 Å². The first-order valence-corrected chi connectivity index (χ1v) is 10.4. The number of nitrogens with zero attached hydrogens (tertiary/aromatic N) is 4. The highest BCUT2D eigenvalue weighted by Crippen LogP contribution is 2.21. The fourth-order valence-corrected chi connectivity index (χ4v) is 4.09. The summed E-state index contributed by atoms with van der Waals surface area (Å²) in [6.07, 6.45) is 1.93. The minimum Gasteiger partial charge on any atom is -0.337 e. The number of benzene rings is 2. The van der Waals surface area contributed by atoms with Crippen LogP contribution in [-0.4, -0.2) is 51.9 Å². The molecule has 3 aromatic rings. The Morgan fingerprint density at radius 2 is 1.87 bits per heavy atom. The van der Waals surface area contributed by atoms with Crippen molar-refractivity contribution in [3.63, 3.8) is 0 Å². The number of halogens is 1. The molecule has 0 bridgehead atoms. The topological polar surface area (TPSA) is 49.3 Å². The molecule has 0 spiro atoms. The van der Waals surface area contributed by atoms with Crippen molar-refractivity contribution in [1.29, 1.82) is 0 Å². The molecule has 1 aliphatic rings. The van der Waals surface area contributed by atoms with E-state index in [0.29, 0.717) is 17.7 Å². The van der Waals surface area contributed by atoms with Crippen LogP contribution in [0.1, 0.15) is 40.2 Å². The fourth-order valence-electron chi connectivity index (χ4n) is 4.09. The van der Waals surface area contributed by atoms with Gasteiger partial charge in [0.2, 0.25) is 0 Å². The molecule has 1 saturated heterocycles. The summed E-state index contributed by atoms with van der Waals surface area (Å²) >= 11 is 0. The summed E-state index contributed by atoms with van der Waals surface area (Å²) in [5, 5.41) is 0. The number of carbonyl (C=O) groups excluding carboxylic acids is 1. The highest BCUT2D eigenvalue weighted by molar-refractivity contribution is 5.97. The van der Waals surface area contributed by atoms with Crippen molar-refractivity contribution in [2.45, 2.75) is 39.3 Å². The Balaban J connectivity index is 1.48. The summed E-state index contributed by atoms with van der Waals surface area (Å²) in [6.45, 7) is 6.08. The molecule has 0 unspecified atom stereocenters. The summed E-state index contributed by atoms with van der Waals surface area (Å²) in [6, 6.07) is 12.5. The van der Waals surface area contributed by atoms with Crippen molar-refractivity contribution < 1.29 is 9.18 Å². The van der Waals surface area contributed by atoms with Gasteiger partial charge in [-0.05, 0) is 57.5 Å². The standard InChI is InChI=1S/C24H27FN4O/c1-16-17(2)27-23-13-18(10-11-22(23)26-16)24(30)28(3)20-8-6-12-29(15-20)14-19-7-4-5-9-21(19)25/h4-5,7,9-11,13,20H,6,8,12,14-15H2,1-3H3/t20-/m1/s1. The van der Waals surface area contributed by atoms with Crippen LogP contribution in [0.3, 0.4) is 0 Å². The van der Waals surface area contributed by atoms with Gasteiger partial charge in [0.15, 0.2) is 0 Å². The smallest absolute Gasteiger partial charge is 0.253 e. The first-order chi connectivity index (χ1) is 14.4. The Labute approximate surface area is 176 Å². The third-order valence-corrected chi connectivity index (χ3v) is 6.02. The highest BCUT2D eigenvalue weighted by atomic mass is 19.1. The predicted octanol–water partition coefficient (Wildman–Crippen LogP) is 4.12. The number of amides is 1. The minimum atomic E-state index is -0.174. The molecule has 0 radical (unpaired) electrons. The second kappa shape index (κ2) is 8.48. The van der Waals surface area contributed by atoms with Crippen LogP contribution < -0.4 is 0 Å². The number of hydrogen-bond donors (Lipinski definition) is 0. The third-order valence-electron chi connectivity index (χ3n) is 6.02. The lowest BCUT2D eigenvalue weighted by atomic mass is 10.0. The minimum absolute atomic E-state index is 0.0188. The number of likely N-dealkylation sites (tertiary alicyclic amines) is 1. The number of hydrogen-bond acceptors (Lipinski definition) is 4. The first kappa shape index (κ1) is 20.4. The molecular weight excluding hydrogens is 379 g/mol. The Morgan fingerprint density at radius 3 is 2.63 bits per heavy atom. The number of carbonyl (C=O) groups is 1. The predicted molar refractivity (Wildman–Crippen MR) is 116 cm³/mol. The van der Waals surface area contributed by atoms with Gasteiger partial charge in [-0.15, -0.1) is 0 Å². The van der Waals surface area contributed by atoms with E-state index in [1.807, 2.05) is 56.1 Å². The molecule has 5 nitrogen and oxygen atoms in total. The number of rotatable bonds is 4. The fraction of sp³-hybridized carbons (Fsp3) is 0.375. The quantitative estimate of drug-likeness (QED) is 0.654. The molecule has 6 heteroatoms. The molecule has 1 atom stereocenters. The molecule has 2 aromatic carbocycles. The van der Waals surface area contributed by atoms with Gasteiger partial charge in [0.05, 0.1) is 22.4 Å². The van der Waals surface area contributed by atoms with Crippen molar-refractivity contribution in [3.05, 3.63) is 70.8 Å². The molecule has 2 heterocycles. The molecule has 0 saturated carbocycles. The van der Waals surface area contributed by atoms with Crippen molar-refractivity contribution >= 4 is 16.9 Å². The molecule has 156 valence electrons. The van der Waals surface area contributed by atoms with E-state index in [4.69, 9.17) is 0 Å². The van der Waals surface area contributed by atoms with Crippen LogP contribution in [0.15, 0.2) is 42.5 Å². The highest BCUT2D eigenvalue weighted by Gasteiger charge is 2.27. The zero-order chi connectivity index (χ0) is 21.3. The molecule has 1 amide bonds. The van der Waals surface area contributed by atoms with Crippen LogP contribution in [0.5, 0.6) is 0 Å². The molecule has 1 aliphatic heterocycles. The number of fused-ring (bicyclic) bond motifs is 1. The summed E-state index contributed by atoms with van der Waals surface area (Å²) in [5.74, 6) is -0.193. The van der Waals surface area contributed by atoms with Crippen molar-refractivity contribution in [2.24, 2.45) is 0 Å². The van der Waals surface area contributed by atoms with Gasteiger partial charge in [0.1, 0.15) is 5.82 Å². The number of aryl methyl sites for hydroxylation is 2. The molecule has 1 aromatic heterocycles. The van der Waals surface area contributed by atoms with Crippen LogP contribution in [0.25, 0.3) is 11.0 Å². The third kappa shape index (κ3) is 4.19. The molecule has 0 aliphatic carbocycles. The summed E-state index contributed by atoms with van der Waals surface area (Å²) < 4.78 is 14.0. The first-order valence-electron chi connectivity index (χ1n) is 10.4. The lowest BCUT2D eigenvalue weighted by Crippen LogP contribution is -2.48. The van der Waals surface area contributed by atoms with Crippen LogP contribution in [0.4, 0.5) is 4.39 Å². The molecule has 1 fully saturated rings. The van der Waals surface area contributed by atoms with E-state index in [0.717, 1.165) is 48.4 Å². The van der Waals surface area contributed by atoms with Crippen LogP contribution >= 0.6 is 0 Å². The van der Waals surface area contributed by atoms with Gasteiger partial charge in [-0.2, -0.15) is 0 Å². The molecule has 4 rings (SSSR count). The van der Waals surface area contributed by atoms with E-state index in [-0.39, 0.29) is 17.8 Å². The zero-order valence-corrected chi connectivity index (χ0v) is 17.7. The lowest BCUT2D eigenvalue weighted by Gasteiger charge is -2.37. The molecule has 30 heavy (non-hydrogen) atoms. The molecular formula is C24H27FN4O. The normalized spacial score (nSPS) is 17.3. The van der Waals surface area contributed by atoms with E-state index in [2.05, 4.69) is 14.9 Å². The van der Waals surface area contributed by atoms with E-state index in [1.165, 1.54) is 6.07 Å². The van der Waals surface area contributed by atoms with Crippen LogP contribution in [0, 0.1) is 19.7 Å². The van der Waals surface area contributed by atoms with Gasteiger partial charge < -0.3 is 4.90 Å². The maximum atomic E-state index is 14.0. The number of likely N-dealkylation sites (N-methyl/N-ethyl adjacent to an activating group) is 1. The van der Waals surface area contributed by atoms with Crippen molar-refractivity contribution in [3.8, 4) is 0 Å². The van der Waals surface area contributed by atoms with Crippen molar-refractivity contribution in [1.82, 2.24) is 19.8 Å². The summed E-state index contributed by atoms with van der Waals surface area (Å²) in [7, 11) is 1.86. The van der Waals surface area contributed by atoms with Gasteiger partial charge in [-0.1, -0.05) is 18.2 Å². The maximum absolute atomic E-state index is 14.0. The van der Waals surface area contributed by atoms with E-state index >= 15 is 0 Å². The average Bonchev–Trinajstić information content (AvgIpc) is 2.75. The van der Waals surface area contributed by atoms with Crippen LogP contribution in [-0.2, 0) is 6.54 Å². The van der Waals surface area contributed by atoms with Gasteiger partial charge in [0.25, 0.3) is 5.91 Å². The van der Waals surface area contributed by atoms with Gasteiger partial charge in [0, 0.05) is 37.3 Å². The monoisotopic (exact) mass is 406 g/mol. The van der Waals surface area contributed by atoms with Crippen LogP contribution in [0.2, 0.25) is 0 Å². The summed E-state index contributed by atoms with van der Waals surface area (Å²) in [4.78, 5) is 26.3. The number of piperidine rings is 1. The average molecular weight is 407 g/mol. The largest absolute Gasteiger partial charge is 0.337 e. The van der Waals surface area contributed by atoms with Gasteiger partial charge >= 0.3 is 0 Å². The SMILES string of the molecule is Cc1nc2ccc(C(=O)N(C)[C@@H]3CCCN(Cc4ccccc4F)C3)cc2nc1C. The second-order valence-corrected chi connectivity index (χ2v) is 8.14. The maximum Gasteiger partial charge on any atom is 0.253 e. The van der Waals surface area contributed by atoms with Crippen molar-refractivity contribution in [2.75, 3.05) is 20.1 Å². The van der Waals surface area contributed by atoms with E-state index in [1.54, 1.807) is 6.07 Å². The van der Waals surface area contributed by atoms with E-state index < -0.39 is 0 Å². The molecule has 0 N–H and O–H groups in total. The lowest BCUT2D eigenvalue weighted by molar-refractivity contribution is 0.0608. The Bertz CT molecular complexity index is 1080. The van der Waals surface area contributed by atoms with E-state index in [9.17, 15) is 9.18 Å². The Kier molecular flexibility index (Phi) is 5.77. The zero-order valence-electron chi connectivity index (χ0n) is 17.7. The number of aromatic nitrogens is 2. The second-order valence-electron chi connectivity index (χ2n) is 8.14. The Hall–Kier alpha value is -2.86.